The summed E-state index contributed by atoms with van der Waals surface area (Å²) in [7, 11) is 0. The fraction of sp³-hybridized carbons (Fsp3) is 0.600. The molecule has 0 bridgehead atoms. The van der Waals surface area contributed by atoms with Gasteiger partial charge in [-0.3, -0.25) is 0 Å². The minimum atomic E-state index is 0.556. The Morgan fingerprint density at radius 2 is 2.28 bits per heavy atom. The normalized spacial score (nSPS) is 21.1. The Hall–Kier alpha value is -0.380. The summed E-state index contributed by atoms with van der Waals surface area (Å²) < 4.78 is 6.69. The van der Waals surface area contributed by atoms with E-state index >= 15 is 0 Å². The van der Waals surface area contributed by atoms with Gasteiger partial charge in [0.15, 0.2) is 0 Å². The van der Waals surface area contributed by atoms with Crippen LogP contribution in [0.2, 0.25) is 0 Å². The highest BCUT2D eigenvalue weighted by Gasteiger charge is 2.20. The summed E-state index contributed by atoms with van der Waals surface area (Å²) in [5.74, 6) is 0.733. The van der Waals surface area contributed by atoms with Crippen LogP contribution in [0.15, 0.2) is 28.7 Å². The van der Waals surface area contributed by atoms with Gasteiger partial charge in [-0.15, -0.1) is 0 Å². The lowest BCUT2D eigenvalue weighted by Crippen LogP contribution is -2.33. The molecule has 0 saturated carbocycles. The van der Waals surface area contributed by atoms with Crippen molar-refractivity contribution in [2.45, 2.75) is 32.2 Å². The van der Waals surface area contributed by atoms with Gasteiger partial charge in [0, 0.05) is 23.7 Å². The zero-order valence-electron chi connectivity index (χ0n) is 11.0. The number of likely N-dealkylation sites (N-methyl/N-ethyl adjacent to an activating group) is 1. The molecule has 2 unspecified atom stereocenters. The molecule has 1 aliphatic heterocycles. The molecule has 1 fully saturated rings. The fourth-order valence-electron chi connectivity index (χ4n) is 2.63. The van der Waals surface area contributed by atoms with Gasteiger partial charge in [-0.2, -0.15) is 0 Å². The summed E-state index contributed by atoms with van der Waals surface area (Å²) in [5.41, 5.74) is 1.39. The van der Waals surface area contributed by atoms with Gasteiger partial charge in [0.25, 0.3) is 0 Å². The third-order valence-electron chi connectivity index (χ3n) is 3.56. The second-order valence-corrected chi connectivity index (χ2v) is 5.87. The SMILES string of the molecule is CCNC(Cc1ccccc1Br)CC1CCOC1. The van der Waals surface area contributed by atoms with Crippen molar-refractivity contribution in [3.05, 3.63) is 34.3 Å². The van der Waals surface area contributed by atoms with Crippen molar-refractivity contribution in [1.82, 2.24) is 5.32 Å². The molecule has 0 amide bonds. The van der Waals surface area contributed by atoms with Gasteiger partial charge in [0.05, 0.1) is 0 Å². The Bertz CT molecular complexity index is 363. The van der Waals surface area contributed by atoms with Gasteiger partial charge >= 0.3 is 0 Å². The molecular weight excluding hydrogens is 290 g/mol. The number of ether oxygens (including phenoxy) is 1. The highest BCUT2D eigenvalue weighted by Crippen LogP contribution is 2.23. The predicted octanol–water partition coefficient (Wildman–Crippen LogP) is 3.40. The molecule has 2 nitrogen and oxygen atoms in total. The first-order chi connectivity index (χ1) is 8.79. The maximum atomic E-state index is 5.47. The lowest BCUT2D eigenvalue weighted by Gasteiger charge is -2.21. The smallest absolute Gasteiger partial charge is 0.0495 e. The molecule has 1 aromatic carbocycles. The zero-order valence-corrected chi connectivity index (χ0v) is 12.6. The first kappa shape index (κ1) is 14.0. The standard InChI is InChI=1S/C15H22BrNO/c1-2-17-14(9-12-7-8-18-11-12)10-13-5-3-4-6-15(13)16/h3-6,12,14,17H,2,7-11H2,1H3. The van der Waals surface area contributed by atoms with Crippen LogP contribution < -0.4 is 5.32 Å². The molecule has 100 valence electrons. The number of nitrogens with one attached hydrogen (secondary N) is 1. The Morgan fingerprint density at radius 3 is 2.94 bits per heavy atom. The highest BCUT2D eigenvalue weighted by molar-refractivity contribution is 9.10. The average molecular weight is 312 g/mol. The van der Waals surface area contributed by atoms with Gasteiger partial charge in [0.1, 0.15) is 0 Å². The topological polar surface area (TPSA) is 21.3 Å². The van der Waals surface area contributed by atoms with Gasteiger partial charge in [-0.05, 0) is 43.4 Å². The first-order valence-corrected chi connectivity index (χ1v) is 7.63. The van der Waals surface area contributed by atoms with Gasteiger partial charge in [0.2, 0.25) is 0 Å². The maximum absolute atomic E-state index is 5.47. The monoisotopic (exact) mass is 311 g/mol. The molecule has 0 spiro atoms. The Labute approximate surface area is 118 Å². The van der Waals surface area contributed by atoms with E-state index in [-0.39, 0.29) is 0 Å². The highest BCUT2D eigenvalue weighted by atomic mass is 79.9. The molecule has 1 N–H and O–H groups in total. The Balaban J connectivity index is 1.94. The molecule has 2 atom stereocenters. The number of benzene rings is 1. The summed E-state index contributed by atoms with van der Waals surface area (Å²) in [4.78, 5) is 0. The van der Waals surface area contributed by atoms with Crippen molar-refractivity contribution < 1.29 is 4.74 Å². The lowest BCUT2D eigenvalue weighted by atomic mass is 9.94. The molecule has 0 aromatic heterocycles. The molecule has 1 aromatic rings. The minimum Gasteiger partial charge on any atom is -0.381 e. The Kier molecular flexibility index (Phi) is 5.67. The van der Waals surface area contributed by atoms with Crippen LogP contribution in [0.1, 0.15) is 25.3 Å². The molecule has 1 saturated heterocycles. The summed E-state index contributed by atoms with van der Waals surface area (Å²) >= 11 is 3.64. The van der Waals surface area contributed by atoms with Crippen molar-refractivity contribution in [2.24, 2.45) is 5.92 Å². The van der Waals surface area contributed by atoms with Crippen LogP contribution in [-0.4, -0.2) is 25.8 Å². The van der Waals surface area contributed by atoms with E-state index in [1.807, 2.05) is 0 Å². The molecule has 1 heterocycles. The van der Waals surface area contributed by atoms with E-state index in [1.54, 1.807) is 0 Å². The van der Waals surface area contributed by atoms with E-state index in [1.165, 1.54) is 22.9 Å². The summed E-state index contributed by atoms with van der Waals surface area (Å²) in [5, 5.41) is 3.61. The lowest BCUT2D eigenvalue weighted by molar-refractivity contribution is 0.181. The molecule has 3 heteroatoms. The van der Waals surface area contributed by atoms with E-state index in [4.69, 9.17) is 4.74 Å². The van der Waals surface area contributed by atoms with Crippen LogP contribution >= 0.6 is 15.9 Å². The fourth-order valence-corrected chi connectivity index (χ4v) is 3.08. The third-order valence-corrected chi connectivity index (χ3v) is 4.33. The van der Waals surface area contributed by atoms with Gasteiger partial charge < -0.3 is 10.1 Å². The molecule has 18 heavy (non-hydrogen) atoms. The molecular formula is C15H22BrNO. The summed E-state index contributed by atoms with van der Waals surface area (Å²) in [6.07, 6.45) is 3.53. The zero-order chi connectivity index (χ0) is 12.8. The minimum absolute atomic E-state index is 0.556. The van der Waals surface area contributed by atoms with E-state index in [2.05, 4.69) is 52.4 Å². The van der Waals surface area contributed by atoms with Crippen LogP contribution in [0.4, 0.5) is 0 Å². The van der Waals surface area contributed by atoms with E-state index in [9.17, 15) is 0 Å². The number of halogens is 1. The van der Waals surface area contributed by atoms with E-state index < -0.39 is 0 Å². The van der Waals surface area contributed by atoms with Crippen LogP contribution in [0.25, 0.3) is 0 Å². The Morgan fingerprint density at radius 1 is 1.44 bits per heavy atom. The van der Waals surface area contributed by atoms with Gasteiger partial charge in [-0.1, -0.05) is 41.1 Å². The molecule has 2 rings (SSSR count). The van der Waals surface area contributed by atoms with Crippen molar-refractivity contribution in [2.75, 3.05) is 19.8 Å². The van der Waals surface area contributed by atoms with Crippen LogP contribution in [0, 0.1) is 5.92 Å². The van der Waals surface area contributed by atoms with Crippen molar-refractivity contribution >= 4 is 15.9 Å². The van der Waals surface area contributed by atoms with Crippen LogP contribution in [-0.2, 0) is 11.2 Å². The predicted molar refractivity (Wildman–Crippen MR) is 78.9 cm³/mol. The van der Waals surface area contributed by atoms with Crippen LogP contribution in [0.5, 0.6) is 0 Å². The van der Waals surface area contributed by atoms with Crippen molar-refractivity contribution in [3.8, 4) is 0 Å². The summed E-state index contributed by atoms with van der Waals surface area (Å²) in [6.45, 7) is 5.09. The molecule has 0 radical (unpaired) electrons. The third kappa shape index (κ3) is 4.08. The first-order valence-electron chi connectivity index (χ1n) is 6.84. The largest absolute Gasteiger partial charge is 0.381 e. The molecule has 1 aliphatic rings. The number of hydrogen-bond acceptors (Lipinski definition) is 2. The van der Waals surface area contributed by atoms with Crippen LogP contribution in [0.3, 0.4) is 0 Å². The maximum Gasteiger partial charge on any atom is 0.0495 e. The van der Waals surface area contributed by atoms with Gasteiger partial charge in [-0.25, -0.2) is 0 Å². The quantitative estimate of drug-likeness (QED) is 0.869. The van der Waals surface area contributed by atoms with E-state index in [0.717, 1.165) is 32.1 Å². The second kappa shape index (κ2) is 7.27. The molecule has 0 aliphatic carbocycles. The van der Waals surface area contributed by atoms with E-state index in [0.29, 0.717) is 6.04 Å². The second-order valence-electron chi connectivity index (χ2n) is 5.02. The van der Waals surface area contributed by atoms with Crippen molar-refractivity contribution in [3.63, 3.8) is 0 Å². The average Bonchev–Trinajstić information content (AvgIpc) is 2.85. The number of rotatable bonds is 6. The number of hydrogen-bond donors (Lipinski definition) is 1. The van der Waals surface area contributed by atoms with Crippen molar-refractivity contribution in [1.29, 1.82) is 0 Å². The summed E-state index contributed by atoms with van der Waals surface area (Å²) in [6, 6.07) is 9.07.